The monoisotopic (exact) mass is 971 g/mol. The summed E-state index contributed by atoms with van der Waals surface area (Å²) in [6.45, 7) is 0. The standard InChI is InChI=1S/C71H45N3S/c1-4-18-45(19-5-1)52-40-53(46-20-6-2-7-21-46)42-54(41-52)56-26-17-31-63-67(56)59-39-38-50(44-64(59)71(63)61-29-12-14-32-65(61)75-66-33-15-13-30-62(66)71)47-34-36-49(37-35-47)69-72-68(48-22-8-3-9-23-48)73-70(74-69)58-28-16-27-57-55-25-11-10-24-51(55)43-60(57)58/h1-42,44H,43H2. The van der Waals surface area contributed by atoms with Gasteiger partial charge in [0.2, 0.25) is 0 Å². The van der Waals surface area contributed by atoms with E-state index >= 15 is 0 Å². The Bertz CT molecular complexity index is 4120. The molecule has 12 aromatic rings. The van der Waals surface area contributed by atoms with Crippen LogP contribution in [0.5, 0.6) is 0 Å². The first-order valence-electron chi connectivity index (χ1n) is 25.7. The maximum Gasteiger partial charge on any atom is 0.164 e. The van der Waals surface area contributed by atoms with Crippen LogP contribution in [-0.4, -0.2) is 15.0 Å². The maximum absolute atomic E-state index is 5.27. The predicted molar refractivity (Wildman–Crippen MR) is 308 cm³/mol. The van der Waals surface area contributed by atoms with Gasteiger partial charge in [0.05, 0.1) is 5.41 Å². The Balaban J connectivity index is 0.895. The molecule has 0 radical (unpaired) electrons. The number of nitrogens with zero attached hydrogens (tertiary/aromatic N) is 3. The maximum atomic E-state index is 5.27. The van der Waals surface area contributed by atoms with Crippen molar-refractivity contribution in [3.05, 3.63) is 294 Å². The minimum atomic E-state index is -0.567. The third-order valence-corrected chi connectivity index (χ3v) is 16.8. The van der Waals surface area contributed by atoms with Crippen molar-refractivity contribution in [3.8, 4) is 101 Å². The van der Waals surface area contributed by atoms with Gasteiger partial charge >= 0.3 is 0 Å². The average Bonchev–Trinajstić information content (AvgIpc) is 4.21. The van der Waals surface area contributed by atoms with E-state index < -0.39 is 5.41 Å². The Morgan fingerprint density at radius 1 is 0.280 bits per heavy atom. The smallest absolute Gasteiger partial charge is 0.164 e. The molecule has 3 nitrogen and oxygen atoms in total. The van der Waals surface area contributed by atoms with Gasteiger partial charge in [-0.1, -0.05) is 236 Å². The molecule has 0 atom stereocenters. The number of rotatable bonds is 7. The van der Waals surface area contributed by atoms with E-state index in [9.17, 15) is 0 Å². The van der Waals surface area contributed by atoms with Crippen LogP contribution in [-0.2, 0) is 11.8 Å². The average molecular weight is 972 g/mol. The number of fused-ring (bicyclic) bond motifs is 12. The second kappa shape index (κ2) is 17.5. The zero-order valence-electron chi connectivity index (χ0n) is 40.8. The quantitative estimate of drug-likeness (QED) is 0.160. The molecule has 0 amide bonds. The lowest BCUT2D eigenvalue weighted by Gasteiger charge is -2.39. The zero-order valence-corrected chi connectivity index (χ0v) is 41.6. The lowest BCUT2D eigenvalue weighted by molar-refractivity contribution is 0.723. The Morgan fingerprint density at radius 2 is 0.747 bits per heavy atom. The molecule has 0 fully saturated rings. The summed E-state index contributed by atoms with van der Waals surface area (Å²) < 4.78 is 0. The van der Waals surface area contributed by atoms with E-state index in [1.165, 1.54) is 98.8 Å². The van der Waals surface area contributed by atoms with Gasteiger partial charge in [-0.3, -0.25) is 0 Å². The summed E-state index contributed by atoms with van der Waals surface area (Å²) in [6.07, 6.45) is 0.846. The fourth-order valence-electron chi connectivity index (χ4n) is 12.3. The van der Waals surface area contributed by atoms with Gasteiger partial charge in [0.25, 0.3) is 0 Å². The molecule has 2 heterocycles. The van der Waals surface area contributed by atoms with E-state index in [0.717, 1.165) is 34.2 Å². The first-order chi connectivity index (χ1) is 37.2. The van der Waals surface area contributed by atoms with E-state index in [1.54, 1.807) is 0 Å². The van der Waals surface area contributed by atoms with Crippen molar-refractivity contribution in [1.29, 1.82) is 0 Å². The lowest BCUT2D eigenvalue weighted by atomic mass is 9.67. The first-order valence-corrected chi connectivity index (χ1v) is 26.5. The van der Waals surface area contributed by atoms with Gasteiger partial charge < -0.3 is 0 Å². The first kappa shape index (κ1) is 43.4. The molecule has 0 bridgehead atoms. The van der Waals surface area contributed by atoms with E-state index in [4.69, 9.17) is 15.0 Å². The highest BCUT2D eigenvalue weighted by Crippen LogP contribution is 2.64. The Labute approximate surface area is 441 Å². The van der Waals surface area contributed by atoms with Crippen LogP contribution in [0.4, 0.5) is 0 Å². The minimum Gasteiger partial charge on any atom is -0.208 e. The second-order valence-corrected chi connectivity index (χ2v) is 20.9. The van der Waals surface area contributed by atoms with Crippen LogP contribution in [0.15, 0.2) is 271 Å². The molecule has 0 N–H and O–H groups in total. The van der Waals surface area contributed by atoms with Gasteiger partial charge in [-0.25, -0.2) is 15.0 Å². The molecular weight excluding hydrogens is 927 g/mol. The highest BCUT2D eigenvalue weighted by molar-refractivity contribution is 7.99. The van der Waals surface area contributed by atoms with Crippen LogP contribution in [0.1, 0.15) is 33.4 Å². The third kappa shape index (κ3) is 7.01. The molecule has 15 rings (SSSR count). The Morgan fingerprint density at radius 3 is 1.43 bits per heavy atom. The van der Waals surface area contributed by atoms with Crippen molar-refractivity contribution < 1.29 is 0 Å². The van der Waals surface area contributed by atoms with Gasteiger partial charge in [0, 0.05) is 26.5 Å². The summed E-state index contributed by atoms with van der Waals surface area (Å²) in [5.41, 5.74) is 24.7. The van der Waals surface area contributed by atoms with Crippen molar-refractivity contribution in [2.75, 3.05) is 0 Å². The van der Waals surface area contributed by atoms with E-state index in [-0.39, 0.29) is 0 Å². The van der Waals surface area contributed by atoms with Gasteiger partial charge in [-0.15, -0.1) is 0 Å². The molecule has 1 aromatic heterocycles. The van der Waals surface area contributed by atoms with Gasteiger partial charge in [0.15, 0.2) is 17.5 Å². The molecule has 2 aliphatic carbocycles. The largest absolute Gasteiger partial charge is 0.208 e. The molecule has 75 heavy (non-hydrogen) atoms. The van der Waals surface area contributed by atoms with Gasteiger partial charge in [-0.05, 0) is 143 Å². The molecule has 350 valence electrons. The van der Waals surface area contributed by atoms with E-state index in [0.29, 0.717) is 17.5 Å². The van der Waals surface area contributed by atoms with Crippen molar-refractivity contribution in [2.24, 2.45) is 0 Å². The fourth-order valence-corrected chi connectivity index (χ4v) is 13.5. The van der Waals surface area contributed by atoms with Crippen LogP contribution in [0, 0.1) is 0 Å². The van der Waals surface area contributed by atoms with Crippen molar-refractivity contribution in [3.63, 3.8) is 0 Å². The highest BCUT2D eigenvalue weighted by Gasteiger charge is 2.51. The normalized spacial score (nSPS) is 13.1. The SMILES string of the molecule is c1ccc(-c2cc(-c3ccccc3)cc(-c3cccc4c3-c3ccc(-c5ccc(-c6nc(-c7ccccc7)nc(-c7cccc8c7Cc7ccccc7-8)n6)cc5)cc3C43c4ccccc4Sc4ccccc43)c2)cc1. The topological polar surface area (TPSA) is 38.7 Å². The molecule has 0 saturated carbocycles. The zero-order chi connectivity index (χ0) is 49.5. The summed E-state index contributed by atoms with van der Waals surface area (Å²) in [7, 11) is 0. The van der Waals surface area contributed by atoms with Crippen LogP contribution in [0.3, 0.4) is 0 Å². The Hall–Kier alpha value is -9.22. The molecule has 4 heteroatoms. The lowest BCUT2D eigenvalue weighted by Crippen LogP contribution is -2.32. The van der Waals surface area contributed by atoms with Crippen molar-refractivity contribution in [2.45, 2.75) is 21.6 Å². The molecule has 1 spiro atoms. The highest BCUT2D eigenvalue weighted by atomic mass is 32.2. The third-order valence-electron chi connectivity index (χ3n) is 15.7. The molecular formula is C71H45N3S. The molecule has 11 aromatic carbocycles. The van der Waals surface area contributed by atoms with Gasteiger partial charge in [0.1, 0.15) is 0 Å². The van der Waals surface area contributed by atoms with Crippen LogP contribution >= 0.6 is 11.8 Å². The van der Waals surface area contributed by atoms with Crippen LogP contribution in [0.2, 0.25) is 0 Å². The summed E-state index contributed by atoms with van der Waals surface area (Å²) in [6, 6.07) is 95.3. The summed E-state index contributed by atoms with van der Waals surface area (Å²) in [5.74, 6) is 1.99. The Kier molecular flexibility index (Phi) is 10.1. The summed E-state index contributed by atoms with van der Waals surface area (Å²) in [5, 5.41) is 0. The molecule has 0 unspecified atom stereocenters. The predicted octanol–water partition coefficient (Wildman–Crippen LogP) is 17.9. The molecule has 0 saturated heterocycles. The second-order valence-electron chi connectivity index (χ2n) is 19.8. The number of benzene rings is 11. The summed E-state index contributed by atoms with van der Waals surface area (Å²) >= 11 is 1.88. The number of aromatic nitrogens is 3. The molecule has 1 aliphatic heterocycles. The van der Waals surface area contributed by atoms with E-state index in [1.807, 2.05) is 30.0 Å². The summed E-state index contributed by atoms with van der Waals surface area (Å²) in [4.78, 5) is 18.2. The van der Waals surface area contributed by atoms with Crippen LogP contribution in [0.25, 0.3) is 101 Å². The van der Waals surface area contributed by atoms with E-state index in [2.05, 4.69) is 243 Å². The van der Waals surface area contributed by atoms with Crippen molar-refractivity contribution >= 4 is 11.8 Å². The number of hydrogen-bond acceptors (Lipinski definition) is 4. The number of hydrogen-bond donors (Lipinski definition) is 0. The van der Waals surface area contributed by atoms with Crippen molar-refractivity contribution in [1.82, 2.24) is 15.0 Å². The van der Waals surface area contributed by atoms with Crippen LogP contribution < -0.4 is 0 Å². The minimum absolute atomic E-state index is 0.567. The fraction of sp³-hybridized carbons (Fsp3) is 0.0282. The molecule has 3 aliphatic rings. The van der Waals surface area contributed by atoms with Gasteiger partial charge in [-0.2, -0.15) is 0 Å².